The predicted octanol–water partition coefficient (Wildman–Crippen LogP) is 2.03. The van der Waals surface area contributed by atoms with E-state index >= 15 is 0 Å². The van der Waals surface area contributed by atoms with E-state index in [4.69, 9.17) is 0 Å². The van der Waals surface area contributed by atoms with Crippen LogP contribution in [0.2, 0.25) is 0 Å². The van der Waals surface area contributed by atoms with Crippen LogP contribution >= 0.6 is 0 Å². The Morgan fingerprint density at radius 1 is 1.58 bits per heavy atom. The highest BCUT2D eigenvalue weighted by molar-refractivity contribution is 5.94. The lowest BCUT2D eigenvalue weighted by molar-refractivity contribution is 0.0935. The summed E-state index contributed by atoms with van der Waals surface area (Å²) in [6.07, 6.45) is 3.64. The van der Waals surface area contributed by atoms with Crippen LogP contribution in [-0.2, 0) is 0 Å². The third-order valence-corrected chi connectivity index (χ3v) is 1.49. The van der Waals surface area contributed by atoms with Gasteiger partial charge in [0, 0.05) is 6.42 Å². The number of aromatic amines is 1. The molecular formula is C9H14N2O. The van der Waals surface area contributed by atoms with Crippen LogP contribution in [0.1, 0.15) is 37.7 Å². The average molecular weight is 166 g/mol. The quantitative estimate of drug-likeness (QED) is 0.683. The van der Waals surface area contributed by atoms with Crippen molar-refractivity contribution >= 4 is 5.78 Å². The van der Waals surface area contributed by atoms with E-state index in [9.17, 15) is 4.79 Å². The minimum absolute atomic E-state index is 0.0438. The second kappa shape index (κ2) is 3.09. The van der Waals surface area contributed by atoms with Gasteiger partial charge in [0.15, 0.2) is 5.78 Å². The Hall–Kier alpha value is -1.12. The second-order valence-electron chi connectivity index (χ2n) is 4.13. The van der Waals surface area contributed by atoms with Gasteiger partial charge < -0.3 is 4.98 Å². The maximum Gasteiger partial charge on any atom is 0.181 e. The molecule has 0 aliphatic rings. The predicted molar refractivity (Wildman–Crippen MR) is 47.0 cm³/mol. The molecule has 66 valence electrons. The van der Waals surface area contributed by atoms with Crippen LogP contribution in [0.5, 0.6) is 0 Å². The molecule has 3 nitrogen and oxygen atoms in total. The molecule has 1 rings (SSSR count). The molecular weight excluding hydrogens is 152 g/mol. The number of H-pyrrole nitrogens is 1. The topological polar surface area (TPSA) is 45.8 Å². The van der Waals surface area contributed by atoms with Crippen molar-refractivity contribution in [1.29, 1.82) is 0 Å². The first-order valence-electron chi connectivity index (χ1n) is 4.00. The Morgan fingerprint density at radius 2 is 2.25 bits per heavy atom. The number of aromatic nitrogens is 2. The van der Waals surface area contributed by atoms with E-state index in [0.29, 0.717) is 12.1 Å². The van der Waals surface area contributed by atoms with Crippen LogP contribution in [0.15, 0.2) is 12.5 Å². The number of nitrogens with zero attached hydrogens (tertiary/aromatic N) is 1. The molecule has 12 heavy (non-hydrogen) atoms. The number of carbonyl (C=O) groups excluding carboxylic acids is 1. The fraction of sp³-hybridized carbons (Fsp3) is 0.556. The van der Waals surface area contributed by atoms with Gasteiger partial charge in [-0.15, -0.1) is 0 Å². The lowest BCUT2D eigenvalue weighted by atomic mass is 9.89. The van der Waals surface area contributed by atoms with Crippen LogP contribution < -0.4 is 0 Å². The van der Waals surface area contributed by atoms with Crippen LogP contribution in [0.25, 0.3) is 0 Å². The molecule has 0 spiro atoms. The minimum atomic E-state index is 0.0438. The van der Waals surface area contributed by atoms with Gasteiger partial charge in [0.1, 0.15) is 5.69 Å². The van der Waals surface area contributed by atoms with E-state index in [1.54, 1.807) is 6.20 Å². The van der Waals surface area contributed by atoms with Crippen molar-refractivity contribution in [3.05, 3.63) is 18.2 Å². The summed E-state index contributed by atoms with van der Waals surface area (Å²) in [5, 5.41) is 0. The van der Waals surface area contributed by atoms with Gasteiger partial charge in [-0.2, -0.15) is 0 Å². The molecule has 1 heterocycles. The molecule has 0 unspecified atom stereocenters. The Balaban J connectivity index is 2.63. The van der Waals surface area contributed by atoms with Gasteiger partial charge in [-0.3, -0.25) is 4.79 Å². The third-order valence-electron chi connectivity index (χ3n) is 1.49. The van der Waals surface area contributed by atoms with E-state index in [1.807, 2.05) is 20.8 Å². The Bertz CT molecular complexity index is 257. The Morgan fingerprint density at radius 3 is 2.67 bits per heavy atom. The first-order chi connectivity index (χ1) is 5.49. The first-order valence-corrected chi connectivity index (χ1v) is 4.00. The highest BCUT2D eigenvalue weighted by atomic mass is 16.1. The SMILES string of the molecule is CC(C)(C)CC(=O)c1cnc[nH]1. The Kier molecular flexibility index (Phi) is 2.31. The van der Waals surface area contributed by atoms with Crippen molar-refractivity contribution in [2.24, 2.45) is 5.41 Å². The number of Topliss-reactive ketones (excluding diaryl/α,β-unsaturated/α-hetero) is 1. The highest BCUT2D eigenvalue weighted by Crippen LogP contribution is 2.20. The van der Waals surface area contributed by atoms with Crippen molar-refractivity contribution in [1.82, 2.24) is 9.97 Å². The molecule has 3 heteroatoms. The highest BCUT2D eigenvalue weighted by Gasteiger charge is 2.17. The number of hydrogen-bond donors (Lipinski definition) is 1. The lowest BCUT2D eigenvalue weighted by Crippen LogP contribution is -2.13. The summed E-state index contributed by atoms with van der Waals surface area (Å²) in [6, 6.07) is 0. The molecule has 0 atom stereocenters. The molecule has 0 bridgehead atoms. The molecule has 1 N–H and O–H groups in total. The van der Waals surface area contributed by atoms with Gasteiger partial charge >= 0.3 is 0 Å². The number of nitrogens with one attached hydrogen (secondary N) is 1. The Labute approximate surface area is 72.2 Å². The van der Waals surface area contributed by atoms with Crippen molar-refractivity contribution < 1.29 is 4.79 Å². The van der Waals surface area contributed by atoms with E-state index < -0.39 is 0 Å². The fourth-order valence-electron chi connectivity index (χ4n) is 0.985. The standard InChI is InChI=1S/C9H14N2O/c1-9(2,3)4-8(12)7-5-10-6-11-7/h5-6H,4H2,1-3H3,(H,10,11). The summed E-state index contributed by atoms with van der Waals surface area (Å²) in [4.78, 5) is 18.0. The minimum Gasteiger partial charge on any atom is -0.342 e. The van der Waals surface area contributed by atoms with Crippen LogP contribution in [0.3, 0.4) is 0 Å². The molecule has 0 amide bonds. The second-order valence-corrected chi connectivity index (χ2v) is 4.13. The van der Waals surface area contributed by atoms with Gasteiger partial charge in [-0.25, -0.2) is 4.98 Å². The number of carbonyl (C=O) groups is 1. The van der Waals surface area contributed by atoms with E-state index in [0.717, 1.165) is 0 Å². The molecule has 0 aliphatic heterocycles. The molecule has 0 radical (unpaired) electrons. The van der Waals surface area contributed by atoms with Gasteiger partial charge in [0.2, 0.25) is 0 Å². The monoisotopic (exact) mass is 166 g/mol. The molecule has 0 aliphatic carbocycles. The first kappa shape index (κ1) is 8.97. The van der Waals surface area contributed by atoms with Crippen LogP contribution in [-0.4, -0.2) is 15.8 Å². The summed E-state index contributed by atoms with van der Waals surface area (Å²) < 4.78 is 0. The van der Waals surface area contributed by atoms with Gasteiger partial charge in [-0.1, -0.05) is 20.8 Å². The molecule has 1 aromatic heterocycles. The molecule has 0 aromatic carbocycles. The van der Waals surface area contributed by atoms with E-state index in [1.165, 1.54) is 6.33 Å². The third kappa shape index (κ3) is 2.49. The molecule has 0 saturated carbocycles. The van der Waals surface area contributed by atoms with Crippen molar-refractivity contribution in [2.45, 2.75) is 27.2 Å². The summed E-state index contributed by atoms with van der Waals surface area (Å²) in [5.74, 6) is 0.125. The molecule has 0 fully saturated rings. The summed E-state index contributed by atoms with van der Waals surface area (Å²) in [6.45, 7) is 6.13. The summed E-state index contributed by atoms with van der Waals surface area (Å²) >= 11 is 0. The molecule has 1 aromatic rings. The fourth-order valence-corrected chi connectivity index (χ4v) is 0.985. The number of rotatable bonds is 2. The normalized spacial score (nSPS) is 11.6. The molecule has 0 saturated heterocycles. The van der Waals surface area contributed by atoms with Crippen molar-refractivity contribution in [3.63, 3.8) is 0 Å². The maximum absolute atomic E-state index is 11.5. The van der Waals surface area contributed by atoms with E-state index in [-0.39, 0.29) is 11.2 Å². The van der Waals surface area contributed by atoms with Crippen LogP contribution in [0, 0.1) is 5.41 Å². The van der Waals surface area contributed by atoms with Gasteiger partial charge in [0.25, 0.3) is 0 Å². The van der Waals surface area contributed by atoms with Gasteiger partial charge in [0.05, 0.1) is 12.5 Å². The smallest absolute Gasteiger partial charge is 0.181 e. The van der Waals surface area contributed by atoms with Crippen LogP contribution in [0.4, 0.5) is 0 Å². The maximum atomic E-state index is 11.5. The van der Waals surface area contributed by atoms with Crippen molar-refractivity contribution in [2.75, 3.05) is 0 Å². The summed E-state index contributed by atoms with van der Waals surface area (Å²) in [5.41, 5.74) is 0.646. The number of imidazole rings is 1. The number of ketones is 1. The average Bonchev–Trinajstić information content (AvgIpc) is 2.32. The largest absolute Gasteiger partial charge is 0.342 e. The zero-order valence-corrected chi connectivity index (χ0v) is 7.72. The summed E-state index contributed by atoms with van der Waals surface area (Å²) in [7, 11) is 0. The zero-order chi connectivity index (χ0) is 9.19. The van der Waals surface area contributed by atoms with Gasteiger partial charge in [-0.05, 0) is 5.41 Å². The van der Waals surface area contributed by atoms with Crippen molar-refractivity contribution in [3.8, 4) is 0 Å². The zero-order valence-electron chi connectivity index (χ0n) is 7.72. The number of hydrogen-bond acceptors (Lipinski definition) is 2. The lowest BCUT2D eigenvalue weighted by Gasteiger charge is -2.15. The van der Waals surface area contributed by atoms with E-state index in [2.05, 4.69) is 9.97 Å².